The molecule has 1 atom stereocenters. The number of hydrogen-bond acceptors (Lipinski definition) is 8. The summed E-state index contributed by atoms with van der Waals surface area (Å²) in [5.41, 5.74) is 0.622. The molecule has 2 fully saturated rings. The van der Waals surface area contributed by atoms with E-state index in [1.165, 1.54) is 27.8 Å². The van der Waals surface area contributed by atoms with E-state index in [0.29, 0.717) is 48.1 Å². The predicted octanol–water partition coefficient (Wildman–Crippen LogP) is 4.07. The minimum absolute atomic E-state index is 0.0426. The minimum atomic E-state index is -3.77. The zero-order chi connectivity index (χ0) is 26.9. The molecule has 1 amide bonds. The van der Waals surface area contributed by atoms with Gasteiger partial charge in [0.1, 0.15) is 27.5 Å². The summed E-state index contributed by atoms with van der Waals surface area (Å²) >= 11 is 1.36. The lowest BCUT2D eigenvalue weighted by Gasteiger charge is -2.33. The lowest BCUT2D eigenvalue weighted by Crippen LogP contribution is -2.46. The first kappa shape index (κ1) is 26.8. The number of methoxy groups -OCH3 is 2. The lowest BCUT2D eigenvalue weighted by atomic mass is 9.96. The van der Waals surface area contributed by atoms with E-state index >= 15 is 0 Å². The largest absolute Gasteiger partial charge is 0.495 e. The Morgan fingerprint density at radius 1 is 1.11 bits per heavy atom. The number of thiazole rings is 1. The molecule has 38 heavy (non-hydrogen) atoms. The van der Waals surface area contributed by atoms with Gasteiger partial charge in [-0.15, -0.1) is 0 Å². The van der Waals surface area contributed by atoms with Crippen LogP contribution in [0.5, 0.6) is 11.5 Å². The highest BCUT2D eigenvalue weighted by atomic mass is 32.2. The molecule has 5 rings (SSSR count). The summed E-state index contributed by atoms with van der Waals surface area (Å²) in [5, 5.41) is 0.532. The van der Waals surface area contributed by atoms with Crippen molar-refractivity contribution in [2.75, 3.05) is 45.4 Å². The Kier molecular flexibility index (Phi) is 7.85. The van der Waals surface area contributed by atoms with Crippen LogP contribution in [0.3, 0.4) is 0 Å². The van der Waals surface area contributed by atoms with Crippen LogP contribution in [-0.4, -0.2) is 70.2 Å². The fourth-order valence-electron chi connectivity index (χ4n) is 4.96. The Morgan fingerprint density at radius 2 is 1.79 bits per heavy atom. The highest BCUT2D eigenvalue weighted by molar-refractivity contribution is 7.89. The van der Waals surface area contributed by atoms with Crippen LogP contribution in [-0.2, 0) is 19.6 Å². The van der Waals surface area contributed by atoms with E-state index in [2.05, 4.69) is 0 Å². The van der Waals surface area contributed by atoms with Gasteiger partial charge in [0.15, 0.2) is 5.13 Å². The van der Waals surface area contributed by atoms with E-state index in [9.17, 15) is 17.6 Å². The molecular weight excluding hydrogens is 533 g/mol. The molecular formula is C26H30FN3O6S2. The number of carbonyl (C=O) groups is 1. The second-order valence-corrected chi connectivity index (χ2v) is 12.3. The zero-order valence-electron chi connectivity index (χ0n) is 21.3. The van der Waals surface area contributed by atoms with Gasteiger partial charge in [-0.25, -0.2) is 17.8 Å². The normalized spacial score (nSPS) is 19.1. The molecule has 0 aliphatic carbocycles. The van der Waals surface area contributed by atoms with Crippen LogP contribution in [0.1, 0.15) is 25.7 Å². The number of nitrogens with zero attached hydrogens (tertiary/aromatic N) is 3. The molecule has 0 spiro atoms. The van der Waals surface area contributed by atoms with Gasteiger partial charge in [0, 0.05) is 25.6 Å². The van der Waals surface area contributed by atoms with Gasteiger partial charge in [0.2, 0.25) is 15.9 Å². The van der Waals surface area contributed by atoms with Crippen molar-refractivity contribution in [2.24, 2.45) is 5.92 Å². The third-order valence-electron chi connectivity index (χ3n) is 7.06. The molecule has 1 unspecified atom stereocenters. The number of piperidine rings is 1. The molecule has 0 radical (unpaired) electrons. The minimum Gasteiger partial charge on any atom is -0.495 e. The van der Waals surface area contributed by atoms with Crippen molar-refractivity contribution < 1.29 is 31.8 Å². The SMILES string of the molecule is COc1ccc(OC)c2sc(N(CC3CCCO3)C(=O)C3CCN(S(=O)(=O)c4ccc(F)cc4)CC3)nc12. The molecule has 0 N–H and O–H groups in total. The van der Waals surface area contributed by atoms with Crippen LogP contribution < -0.4 is 14.4 Å². The maximum absolute atomic E-state index is 13.9. The highest BCUT2D eigenvalue weighted by Crippen LogP contribution is 2.41. The summed E-state index contributed by atoms with van der Waals surface area (Å²) in [6.07, 6.45) is 2.45. The van der Waals surface area contributed by atoms with E-state index in [-0.39, 0.29) is 35.9 Å². The highest BCUT2D eigenvalue weighted by Gasteiger charge is 2.36. The standard InChI is InChI=1S/C26H30FN3O6S2/c1-34-21-9-10-22(35-2)24-23(21)28-26(37-24)30(16-19-4-3-15-36-19)25(31)17-11-13-29(14-12-17)38(32,33)20-7-5-18(27)6-8-20/h5-10,17,19H,3-4,11-16H2,1-2H3. The summed E-state index contributed by atoms with van der Waals surface area (Å²) in [5.74, 6) is 0.272. The van der Waals surface area contributed by atoms with Crippen molar-refractivity contribution in [3.05, 3.63) is 42.2 Å². The van der Waals surface area contributed by atoms with E-state index in [1.54, 1.807) is 25.2 Å². The number of hydrogen-bond donors (Lipinski definition) is 0. The number of fused-ring (bicyclic) bond motifs is 1. The number of amides is 1. The fourth-order valence-corrected chi connectivity index (χ4v) is 7.52. The molecule has 3 aromatic rings. The molecule has 3 heterocycles. The van der Waals surface area contributed by atoms with E-state index in [0.717, 1.165) is 29.7 Å². The number of sulfonamides is 1. The summed E-state index contributed by atoms with van der Waals surface area (Å²) in [6.45, 7) is 1.43. The predicted molar refractivity (Wildman–Crippen MR) is 142 cm³/mol. The van der Waals surface area contributed by atoms with Crippen LogP contribution in [0.2, 0.25) is 0 Å². The van der Waals surface area contributed by atoms with Gasteiger partial charge in [0.25, 0.3) is 0 Å². The number of rotatable bonds is 8. The van der Waals surface area contributed by atoms with Crippen molar-refractivity contribution in [1.29, 1.82) is 0 Å². The Balaban J connectivity index is 1.38. The first-order chi connectivity index (χ1) is 18.3. The van der Waals surface area contributed by atoms with Gasteiger partial charge in [0.05, 0.1) is 31.8 Å². The third kappa shape index (κ3) is 5.22. The smallest absolute Gasteiger partial charge is 0.243 e. The average Bonchev–Trinajstić information content (AvgIpc) is 3.61. The topological polar surface area (TPSA) is 98.3 Å². The third-order valence-corrected chi connectivity index (χ3v) is 10.1. The summed E-state index contributed by atoms with van der Waals surface area (Å²) in [6, 6.07) is 8.39. The molecule has 2 aliphatic heterocycles. The van der Waals surface area contributed by atoms with Crippen molar-refractivity contribution in [2.45, 2.75) is 36.7 Å². The van der Waals surface area contributed by atoms with Crippen molar-refractivity contribution in [3.63, 3.8) is 0 Å². The number of halogens is 1. The number of aromatic nitrogens is 1. The van der Waals surface area contributed by atoms with Crippen LogP contribution in [0.25, 0.3) is 10.2 Å². The number of anilines is 1. The maximum Gasteiger partial charge on any atom is 0.243 e. The Labute approximate surface area is 225 Å². The summed E-state index contributed by atoms with van der Waals surface area (Å²) in [7, 11) is -0.608. The Bertz CT molecular complexity index is 1360. The van der Waals surface area contributed by atoms with Crippen LogP contribution in [0.4, 0.5) is 9.52 Å². The van der Waals surface area contributed by atoms with Crippen LogP contribution in [0, 0.1) is 11.7 Å². The molecule has 0 bridgehead atoms. The molecule has 1 aromatic heterocycles. The van der Waals surface area contributed by atoms with Gasteiger partial charge >= 0.3 is 0 Å². The Hall–Kier alpha value is -2.80. The van der Waals surface area contributed by atoms with Crippen LogP contribution >= 0.6 is 11.3 Å². The van der Waals surface area contributed by atoms with E-state index in [4.69, 9.17) is 19.2 Å². The van der Waals surface area contributed by atoms with Crippen LogP contribution in [0.15, 0.2) is 41.3 Å². The zero-order valence-corrected chi connectivity index (χ0v) is 22.9. The van der Waals surface area contributed by atoms with E-state index in [1.807, 2.05) is 6.07 Å². The second kappa shape index (κ2) is 11.1. The number of carbonyl (C=O) groups excluding carboxylic acids is 1. The lowest BCUT2D eigenvalue weighted by molar-refractivity contribution is -0.123. The van der Waals surface area contributed by atoms with Gasteiger partial charge in [-0.2, -0.15) is 4.31 Å². The van der Waals surface area contributed by atoms with Gasteiger partial charge in [-0.05, 0) is 62.1 Å². The number of benzene rings is 2. The van der Waals surface area contributed by atoms with Gasteiger partial charge < -0.3 is 14.2 Å². The second-order valence-electron chi connectivity index (χ2n) is 9.36. The van der Waals surface area contributed by atoms with E-state index < -0.39 is 15.8 Å². The monoisotopic (exact) mass is 563 g/mol. The Morgan fingerprint density at radius 3 is 2.42 bits per heavy atom. The first-order valence-electron chi connectivity index (χ1n) is 12.5. The molecule has 204 valence electrons. The number of ether oxygens (including phenoxy) is 3. The van der Waals surface area contributed by atoms with Gasteiger partial charge in [-0.3, -0.25) is 9.69 Å². The van der Waals surface area contributed by atoms with Crippen molar-refractivity contribution in [3.8, 4) is 11.5 Å². The van der Waals surface area contributed by atoms with Gasteiger partial charge in [-0.1, -0.05) is 11.3 Å². The molecule has 2 aliphatic rings. The molecule has 2 saturated heterocycles. The summed E-state index contributed by atoms with van der Waals surface area (Å²) < 4.78 is 58.4. The first-order valence-corrected chi connectivity index (χ1v) is 14.8. The van der Waals surface area contributed by atoms with Crippen molar-refractivity contribution >= 4 is 42.6 Å². The molecule has 0 saturated carbocycles. The average molecular weight is 564 g/mol. The quantitative estimate of drug-likeness (QED) is 0.408. The fraction of sp³-hybridized carbons (Fsp3) is 0.462. The summed E-state index contributed by atoms with van der Waals surface area (Å²) in [4.78, 5) is 20.4. The van der Waals surface area contributed by atoms with Crippen molar-refractivity contribution in [1.82, 2.24) is 9.29 Å². The molecule has 2 aromatic carbocycles. The molecule has 9 nitrogen and oxygen atoms in total. The maximum atomic E-state index is 13.9. The molecule has 12 heteroatoms.